The highest BCUT2D eigenvalue weighted by Crippen LogP contribution is 2.35. The molecule has 6 nitrogen and oxygen atoms in total. The summed E-state index contributed by atoms with van der Waals surface area (Å²) in [5.41, 5.74) is -0.871. The number of nitrogens with zero attached hydrogens (tertiary/aromatic N) is 2. The van der Waals surface area contributed by atoms with Crippen LogP contribution < -0.4 is 15.4 Å². The minimum Gasteiger partial charge on any atom is -0.406 e. The van der Waals surface area contributed by atoms with Gasteiger partial charge in [0.25, 0.3) is 0 Å². The first kappa shape index (κ1) is 23.7. The van der Waals surface area contributed by atoms with Crippen LogP contribution in [-0.4, -0.2) is 28.2 Å². The first-order valence-electron chi connectivity index (χ1n) is 8.55. The average Bonchev–Trinajstić information content (AvgIpc) is 3.14. The van der Waals surface area contributed by atoms with Gasteiger partial charge < -0.3 is 15.4 Å². The number of para-hydroxylation sites is 1. The summed E-state index contributed by atoms with van der Waals surface area (Å²) in [6.45, 7) is 0. The second kappa shape index (κ2) is 9.65. The molecule has 0 bridgehead atoms. The lowest BCUT2D eigenvalue weighted by atomic mass is 10.1. The summed E-state index contributed by atoms with van der Waals surface area (Å²) in [6.07, 6.45) is -9.39. The Morgan fingerprint density at radius 2 is 1.69 bits per heavy atom. The van der Waals surface area contributed by atoms with E-state index in [4.69, 9.17) is 0 Å². The van der Waals surface area contributed by atoms with Gasteiger partial charge in [-0.2, -0.15) is 13.2 Å². The third-order valence-corrected chi connectivity index (χ3v) is 5.55. The molecule has 0 aliphatic carbocycles. The maximum atomic E-state index is 13.0. The van der Waals surface area contributed by atoms with Gasteiger partial charge in [0.1, 0.15) is 5.75 Å². The fourth-order valence-electron chi connectivity index (χ4n) is 2.33. The normalized spacial score (nSPS) is 11.8. The molecule has 0 spiro atoms. The van der Waals surface area contributed by atoms with Crippen LogP contribution >= 0.6 is 23.1 Å². The van der Waals surface area contributed by atoms with Crippen molar-refractivity contribution in [3.8, 4) is 5.75 Å². The summed E-state index contributed by atoms with van der Waals surface area (Å²) in [6, 6.07) is 9.56. The van der Waals surface area contributed by atoms with Crippen molar-refractivity contribution in [1.82, 2.24) is 10.2 Å². The van der Waals surface area contributed by atoms with Crippen molar-refractivity contribution >= 4 is 45.5 Å². The highest BCUT2D eigenvalue weighted by Gasteiger charge is 2.33. The Labute approximate surface area is 185 Å². The molecule has 0 aliphatic rings. The molecule has 3 aromatic rings. The fourth-order valence-corrected chi connectivity index (χ4v) is 3.91. The van der Waals surface area contributed by atoms with Gasteiger partial charge in [-0.15, -0.1) is 23.4 Å². The zero-order valence-corrected chi connectivity index (χ0v) is 17.3. The van der Waals surface area contributed by atoms with Crippen molar-refractivity contribution in [2.75, 3.05) is 16.4 Å². The SMILES string of the molecule is O=C(CSc1nnc(Nc2ccc(OC(F)(F)F)cc2)s1)Nc1ccccc1C(F)(F)F. The largest absolute Gasteiger partial charge is 0.573 e. The summed E-state index contributed by atoms with van der Waals surface area (Å²) < 4.78 is 79.6. The highest BCUT2D eigenvalue weighted by molar-refractivity contribution is 8.01. The molecule has 0 atom stereocenters. The quantitative estimate of drug-likeness (QED) is 0.313. The molecule has 14 heteroatoms. The first-order chi connectivity index (χ1) is 15.0. The molecule has 0 saturated carbocycles. The number of hydrogen-bond acceptors (Lipinski definition) is 7. The van der Waals surface area contributed by atoms with E-state index in [0.29, 0.717) is 15.2 Å². The summed E-state index contributed by atoms with van der Waals surface area (Å²) >= 11 is 2.02. The number of hydrogen-bond donors (Lipinski definition) is 2. The summed E-state index contributed by atoms with van der Waals surface area (Å²) in [5, 5.41) is 13.1. The molecular weight excluding hydrogens is 482 g/mol. The van der Waals surface area contributed by atoms with Gasteiger partial charge in [-0.05, 0) is 36.4 Å². The Bertz CT molecular complexity index is 1070. The van der Waals surface area contributed by atoms with Crippen molar-refractivity contribution in [2.45, 2.75) is 16.9 Å². The first-order valence-corrected chi connectivity index (χ1v) is 10.3. The molecule has 0 saturated heterocycles. The van der Waals surface area contributed by atoms with Crippen LogP contribution in [0.3, 0.4) is 0 Å². The molecule has 1 heterocycles. The van der Waals surface area contributed by atoms with Crippen LogP contribution in [0.4, 0.5) is 42.8 Å². The number of carbonyl (C=O) groups is 1. The predicted molar refractivity (Wildman–Crippen MR) is 107 cm³/mol. The summed E-state index contributed by atoms with van der Waals surface area (Å²) in [7, 11) is 0. The number of anilines is 3. The molecule has 170 valence electrons. The third-order valence-electron chi connectivity index (χ3n) is 3.58. The Morgan fingerprint density at radius 3 is 2.34 bits per heavy atom. The molecule has 2 N–H and O–H groups in total. The van der Waals surface area contributed by atoms with E-state index in [1.54, 1.807) is 0 Å². The van der Waals surface area contributed by atoms with Crippen LogP contribution in [0.1, 0.15) is 5.56 Å². The van der Waals surface area contributed by atoms with Crippen LogP contribution in [0.2, 0.25) is 0 Å². The van der Waals surface area contributed by atoms with Crippen molar-refractivity contribution < 1.29 is 35.9 Å². The second-order valence-electron chi connectivity index (χ2n) is 5.95. The molecule has 0 unspecified atom stereocenters. The number of thioether (sulfide) groups is 1. The van der Waals surface area contributed by atoms with Crippen LogP contribution in [0.5, 0.6) is 5.75 Å². The molecule has 2 aromatic carbocycles. The lowest BCUT2D eigenvalue weighted by molar-refractivity contribution is -0.274. The number of carbonyl (C=O) groups excluding carboxylic acids is 1. The Morgan fingerprint density at radius 1 is 1.00 bits per heavy atom. The Balaban J connectivity index is 1.53. The topological polar surface area (TPSA) is 76.1 Å². The van der Waals surface area contributed by atoms with Crippen LogP contribution in [0, 0.1) is 0 Å². The van der Waals surface area contributed by atoms with Gasteiger partial charge in [-0.1, -0.05) is 35.2 Å². The number of amides is 1. The maximum absolute atomic E-state index is 13.0. The number of halogens is 6. The van der Waals surface area contributed by atoms with Gasteiger partial charge in [0.15, 0.2) is 4.34 Å². The number of ether oxygens (including phenoxy) is 1. The van der Waals surface area contributed by atoms with Gasteiger partial charge in [-0.25, -0.2) is 0 Å². The van der Waals surface area contributed by atoms with E-state index in [-0.39, 0.29) is 17.2 Å². The number of rotatable bonds is 7. The fraction of sp³-hybridized carbons (Fsp3) is 0.167. The predicted octanol–water partition coefficient (Wildman–Crippen LogP) is 5.93. The monoisotopic (exact) mass is 494 g/mol. The number of aromatic nitrogens is 2. The van der Waals surface area contributed by atoms with Crippen molar-refractivity contribution in [3.63, 3.8) is 0 Å². The minimum atomic E-state index is -4.79. The van der Waals surface area contributed by atoms with Crippen LogP contribution in [0.25, 0.3) is 0 Å². The molecule has 0 aliphatic heterocycles. The second-order valence-corrected chi connectivity index (χ2v) is 8.15. The van der Waals surface area contributed by atoms with Gasteiger partial charge in [-0.3, -0.25) is 4.79 Å². The Kier molecular flexibility index (Phi) is 7.13. The zero-order valence-electron chi connectivity index (χ0n) is 15.6. The van der Waals surface area contributed by atoms with E-state index >= 15 is 0 Å². The van der Waals surface area contributed by atoms with E-state index in [1.807, 2.05) is 0 Å². The van der Waals surface area contributed by atoms with Crippen LogP contribution in [-0.2, 0) is 11.0 Å². The molecule has 3 rings (SSSR count). The van der Waals surface area contributed by atoms with Crippen molar-refractivity contribution in [2.24, 2.45) is 0 Å². The minimum absolute atomic E-state index is 0.204. The lowest BCUT2D eigenvalue weighted by Crippen LogP contribution is -2.18. The Hall–Kier alpha value is -3.00. The summed E-state index contributed by atoms with van der Waals surface area (Å²) in [4.78, 5) is 12.0. The molecule has 1 amide bonds. The lowest BCUT2D eigenvalue weighted by Gasteiger charge is -2.13. The molecule has 32 heavy (non-hydrogen) atoms. The van der Waals surface area contributed by atoms with E-state index in [0.717, 1.165) is 47.4 Å². The van der Waals surface area contributed by atoms with Gasteiger partial charge >= 0.3 is 12.5 Å². The van der Waals surface area contributed by atoms with E-state index in [9.17, 15) is 31.1 Å². The average molecular weight is 494 g/mol. The van der Waals surface area contributed by atoms with E-state index in [1.165, 1.54) is 24.3 Å². The summed E-state index contributed by atoms with van der Waals surface area (Å²) in [5.74, 6) is -1.24. The van der Waals surface area contributed by atoms with Gasteiger partial charge in [0, 0.05) is 5.69 Å². The zero-order chi connectivity index (χ0) is 23.4. The van der Waals surface area contributed by atoms with Crippen LogP contribution in [0.15, 0.2) is 52.9 Å². The maximum Gasteiger partial charge on any atom is 0.573 e. The van der Waals surface area contributed by atoms with E-state index < -0.39 is 24.0 Å². The molecular formula is C18H12F6N4O2S2. The smallest absolute Gasteiger partial charge is 0.406 e. The molecule has 0 radical (unpaired) electrons. The molecule has 0 fully saturated rings. The van der Waals surface area contributed by atoms with Gasteiger partial charge in [0.05, 0.1) is 17.0 Å². The third kappa shape index (κ3) is 7.02. The molecule has 1 aromatic heterocycles. The number of alkyl halides is 6. The van der Waals surface area contributed by atoms with Crippen molar-refractivity contribution in [1.29, 1.82) is 0 Å². The standard InChI is InChI=1S/C18H12F6N4O2S2/c19-17(20,21)12-3-1-2-4-13(12)26-14(29)9-31-16-28-27-15(32-16)25-10-5-7-11(8-6-10)30-18(22,23)24/h1-8H,9H2,(H,25,27)(H,26,29). The number of benzene rings is 2. The number of nitrogens with one attached hydrogen (secondary N) is 2. The highest BCUT2D eigenvalue weighted by atomic mass is 32.2. The van der Waals surface area contributed by atoms with Gasteiger partial charge in [0.2, 0.25) is 11.0 Å². The van der Waals surface area contributed by atoms with E-state index in [2.05, 4.69) is 25.6 Å². The van der Waals surface area contributed by atoms with Crippen molar-refractivity contribution in [3.05, 3.63) is 54.1 Å².